The molecule has 0 radical (unpaired) electrons. The molecular weight excluding hydrogens is 539 g/mol. The number of methoxy groups -OCH3 is 3. The van der Waals surface area contributed by atoms with Crippen LogP contribution < -0.4 is 25.3 Å². The van der Waals surface area contributed by atoms with Gasteiger partial charge in [-0.2, -0.15) is 13.2 Å². The van der Waals surface area contributed by atoms with Gasteiger partial charge in [0.15, 0.2) is 17.1 Å². The number of carbonyl (C=O) groups is 1. The molecule has 0 spiro atoms. The van der Waals surface area contributed by atoms with E-state index in [4.69, 9.17) is 24.4 Å². The topological polar surface area (TPSA) is 109 Å². The number of ether oxygens (including phenoxy) is 3. The summed E-state index contributed by atoms with van der Waals surface area (Å²) in [6, 6.07) is 9.36. The highest BCUT2D eigenvalue weighted by Crippen LogP contribution is 2.43. The lowest BCUT2D eigenvalue weighted by atomic mass is 9.90. The highest BCUT2D eigenvalue weighted by Gasteiger charge is 2.33. The number of benzene rings is 2. The summed E-state index contributed by atoms with van der Waals surface area (Å²) < 4.78 is 64.3. The normalized spacial score (nSPS) is 17.3. The first-order valence-corrected chi connectivity index (χ1v) is 13.1. The van der Waals surface area contributed by atoms with E-state index in [1.165, 1.54) is 33.6 Å². The van der Waals surface area contributed by atoms with Crippen LogP contribution in [0.15, 0.2) is 53.1 Å². The Bertz CT molecular complexity index is 1560. The average Bonchev–Trinajstić information content (AvgIpc) is 3.41. The first-order valence-electron chi connectivity index (χ1n) is 13.1. The molecule has 11 heteroatoms. The number of pyridine rings is 1. The molecule has 5 rings (SSSR count). The molecule has 4 aromatic rings. The number of fused-ring (bicyclic) bond motifs is 1. The van der Waals surface area contributed by atoms with Gasteiger partial charge >= 0.3 is 6.18 Å². The van der Waals surface area contributed by atoms with Crippen molar-refractivity contribution < 1.29 is 36.6 Å². The zero-order valence-corrected chi connectivity index (χ0v) is 22.8. The summed E-state index contributed by atoms with van der Waals surface area (Å²) in [5.74, 6) is 0.985. The fraction of sp³-hybridized carbons (Fsp3) is 0.333. The van der Waals surface area contributed by atoms with Crippen molar-refractivity contribution in [2.24, 2.45) is 5.73 Å². The van der Waals surface area contributed by atoms with Crippen molar-refractivity contribution >= 4 is 17.0 Å². The lowest BCUT2D eigenvalue weighted by Crippen LogP contribution is -2.49. The molecule has 0 saturated heterocycles. The van der Waals surface area contributed by atoms with E-state index in [2.05, 4.69) is 10.3 Å². The van der Waals surface area contributed by atoms with Gasteiger partial charge in [0.25, 0.3) is 5.91 Å². The van der Waals surface area contributed by atoms with E-state index in [9.17, 15) is 18.0 Å². The number of halogens is 3. The van der Waals surface area contributed by atoms with Crippen LogP contribution in [0.25, 0.3) is 33.6 Å². The number of carbonyl (C=O) groups excluding carboxylic acids is 1. The molecule has 41 heavy (non-hydrogen) atoms. The number of nitrogens with two attached hydrogens (primary N) is 1. The van der Waals surface area contributed by atoms with E-state index in [0.29, 0.717) is 46.1 Å². The molecule has 0 unspecified atom stereocenters. The van der Waals surface area contributed by atoms with Crippen molar-refractivity contribution in [1.29, 1.82) is 0 Å². The maximum absolute atomic E-state index is 14.0. The number of alkyl halides is 3. The number of hydrogen-bond acceptors (Lipinski definition) is 7. The fourth-order valence-corrected chi connectivity index (χ4v) is 5.20. The Labute approximate surface area is 234 Å². The van der Waals surface area contributed by atoms with Gasteiger partial charge < -0.3 is 29.7 Å². The summed E-state index contributed by atoms with van der Waals surface area (Å²) in [4.78, 5) is 17.5. The van der Waals surface area contributed by atoms with Gasteiger partial charge in [-0.1, -0.05) is 12.8 Å². The summed E-state index contributed by atoms with van der Waals surface area (Å²) in [5.41, 5.74) is 6.86. The largest absolute Gasteiger partial charge is 0.493 e. The molecule has 1 aliphatic rings. The van der Waals surface area contributed by atoms with Crippen LogP contribution in [0.4, 0.5) is 13.2 Å². The summed E-state index contributed by atoms with van der Waals surface area (Å²) in [7, 11) is 4.47. The highest BCUT2D eigenvalue weighted by atomic mass is 19.4. The van der Waals surface area contributed by atoms with Crippen molar-refractivity contribution in [1.82, 2.24) is 10.3 Å². The zero-order chi connectivity index (χ0) is 29.3. The van der Waals surface area contributed by atoms with E-state index in [1.54, 1.807) is 24.3 Å². The number of nitrogens with zero attached hydrogens (tertiary/aromatic N) is 1. The molecule has 3 N–H and O–H groups in total. The van der Waals surface area contributed by atoms with Crippen LogP contribution in [0, 0.1) is 0 Å². The van der Waals surface area contributed by atoms with Gasteiger partial charge in [-0.05, 0) is 54.8 Å². The Kier molecular flexibility index (Phi) is 7.81. The van der Waals surface area contributed by atoms with E-state index in [-0.39, 0.29) is 28.8 Å². The van der Waals surface area contributed by atoms with E-state index in [1.807, 2.05) is 0 Å². The van der Waals surface area contributed by atoms with Gasteiger partial charge in [0.1, 0.15) is 11.3 Å². The first kappa shape index (κ1) is 28.3. The second-order valence-electron chi connectivity index (χ2n) is 9.92. The molecule has 2 aromatic heterocycles. The van der Waals surface area contributed by atoms with Gasteiger partial charge in [-0.25, -0.2) is 0 Å². The minimum atomic E-state index is -4.68. The van der Waals surface area contributed by atoms with Crippen molar-refractivity contribution in [3.05, 3.63) is 59.8 Å². The van der Waals surface area contributed by atoms with Gasteiger partial charge in [-0.3, -0.25) is 9.78 Å². The average molecular weight is 570 g/mol. The second kappa shape index (κ2) is 11.3. The van der Waals surface area contributed by atoms with Gasteiger partial charge in [0, 0.05) is 41.0 Å². The molecule has 1 aliphatic carbocycles. The minimum absolute atomic E-state index is 0.117. The fourth-order valence-electron chi connectivity index (χ4n) is 5.20. The maximum atomic E-state index is 14.0. The standard InChI is InChI=1S/C30H30F3N3O5/c1-38-25-13-17(14-26(39-2)28(25)40-3)24-15-23-27(41-24)20(8-9-35-23)16-10-18(12-19(11-16)30(31,32)33)29(37)36-22-7-5-4-6-21(22)34/h8-15,21-22H,4-7,34H2,1-3H3,(H,36,37)/t21-,22+/m0/s1. The Balaban J connectivity index is 1.59. The predicted molar refractivity (Wildman–Crippen MR) is 147 cm³/mol. The van der Waals surface area contributed by atoms with Crippen LogP contribution in [-0.2, 0) is 6.18 Å². The van der Waals surface area contributed by atoms with Crippen LogP contribution in [0.1, 0.15) is 41.6 Å². The smallest absolute Gasteiger partial charge is 0.416 e. The van der Waals surface area contributed by atoms with E-state index >= 15 is 0 Å². The van der Waals surface area contributed by atoms with Crippen LogP contribution in [0.3, 0.4) is 0 Å². The zero-order valence-electron chi connectivity index (χ0n) is 22.8. The number of amides is 1. The Morgan fingerprint density at radius 1 is 0.976 bits per heavy atom. The predicted octanol–water partition coefficient (Wildman–Crippen LogP) is 6.21. The maximum Gasteiger partial charge on any atom is 0.416 e. The van der Waals surface area contributed by atoms with Gasteiger partial charge in [0.05, 0.1) is 26.9 Å². The van der Waals surface area contributed by atoms with Crippen LogP contribution in [0.5, 0.6) is 17.2 Å². The third kappa shape index (κ3) is 5.67. The number of aromatic nitrogens is 1. The third-order valence-corrected chi connectivity index (χ3v) is 7.33. The molecule has 2 atom stereocenters. The second-order valence-corrected chi connectivity index (χ2v) is 9.92. The van der Waals surface area contributed by atoms with E-state index in [0.717, 1.165) is 31.4 Å². The van der Waals surface area contributed by atoms with Crippen LogP contribution in [0.2, 0.25) is 0 Å². The lowest BCUT2D eigenvalue weighted by molar-refractivity contribution is -0.137. The Hall–Kier alpha value is -4.25. The number of hydrogen-bond donors (Lipinski definition) is 2. The molecule has 8 nitrogen and oxygen atoms in total. The minimum Gasteiger partial charge on any atom is -0.493 e. The van der Waals surface area contributed by atoms with Crippen LogP contribution >= 0.6 is 0 Å². The summed E-state index contributed by atoms with van der Waals surface area (Å²) >= 11 is 0. The summed E-state index contributed by atoms with van der Waals surface area (Å²) in [5, 5.41) is 2.83. The molecule has 0 bridgehead atoms. The summed E-state index contributed by atoms with van der Waals surface area (Å²) in [6.07, 6.45) is 0.0886. The third-order valence-electron chi connectivity index (χ3n) is 7.33. The molecule has 2 aromatic carbocycles. The van der Waals surface area contributed by atoms with Crippen LogP contribution in [-0.4, -0.2) is 44.3 Å². The van der Waals surface area contributed by atoms with E-state index < -0.39 is 17.6 Å². The lowest BCUT2D eigenvalue weighted by Gasteiger charge is -2.29. The van der Waals surface area contributed by atoms with Gasteiger partial charge in [0.2, 0.25) is 5.75 Å². The highest BCUT2D eigenvalue weighted by molar-refractivity contribution is 5.98. The quantitative estimate of drug-likeness (QED) is 0.273. The molecule has 1 amide bonds. The number of rotatable bonds is 7. The molecule has 2 heterocycles. The molecular formula is C30H30F3N3O5. The number of nitrogens with one attached hydrogen (secondary N) is 1. The molecule has 1 saturated carbocycles. The van der Waals surface area contributed by atoms with Crippen molar-refractivity contribution in [2.45, 2.75) is 43.9 Å². The van der Waals surface area contributed by atoms with Gasteiger partial charge in [-0.15, -0.1) is 0 Å². The van der Waals surface area contributed by atoms with Crippen molar-refractivity contribution in [3.8, 4) is 39.7 Å². The molecule has 216 valence electrons. The number of furan rings is 1. The summed E-state index contributed by atoms with van der Waals surface area (Å²) in [6.45, 7) is 0. The Morgan fingerprint density at radius 3 is 2.32 bits per heavy atom. The van der Waals surface area contributed by atoms with Crippen molar-refractivity contribution in [2.75, 3.05) is 21.3 Å². The molecule has 0 aliphatic heterocycles. The van der Waals surface area contributed by atoms with Crippen molar-refractivity contribution in [3.63, 3.8) is 0 Å². The molecule has 1 fully saturated rings. The monoisotopic (exact) mass is 569 g/mol. The SMILES string of the molecule is COc1cc(-c2cc3nccc(-c4cc(C(=O)N[C@@H]5CCCC[C@@H]5N)cc(C(F)(F)F)c4)c3o2)cc(OC)c1OC. The first-order chi connectivity index (χ1) is 19.6. The Morgan fingerprint density at radius 2 is 1.68 bits per heavy atom.